The number of thiocarbonyl (C=S) groups is 1. The van der Waals surface area contributed by atoms with Gasteiger partial charge in [0, 0.05) is 35.9 Å². The lowest BCUT2D eigenvalue weighted by Crippen LogP contribution is -2.29. The summed E-state index contributed by atoms with van der Waals surface area (Å²) in [6.45, 7) is 7.24. The van der Waals surface area contributed by atoms with Gasteiger partial charge in [0.15, 0.2) is 5.11 Å². The lowest BCUT2D eigenvalue weighted by Gasteiger charge is -2.28. The van der Waals surface area contributed by atoms with Crippen LogP contribution in [0.15, 0.2) is 48.7 Å². The van der Waals surface area contributed by atoms with E-state index in [-0.39, 0.29) is 12.1 Å². The molecule has 0 spiro atoms. The van der Waals surface area contributed by atoms with Crippen molar-refractivity contribution >= 4 is 38.7 Å². The maximum Gasteiger partial charge on any atom is 0.229 e. The predicted octanol–water partition coefficient (Wildman–Crippen LogP) is 4.08. The number of benzene rings is 1. The van der Waals surface area contributed by atoms with Crippen molar-refractivity contribution in [1.82, 2.24) is 14.9 Å². The van der Waals surface area contributed by atoms with Crippen LogP contribution in [0.1, 0.15) is 41.7 Å². The number of rotatable bonds is 7. The van der Waals surface area contributed by atoms with E-state index in [0.29, 0.717) is 16.5 Å². The number of hydrogen-bond donors (Lipinski definition) is 2. The highest BCUT2D eigenvalue weighted by atomic mass is 32.2. The zero-order valence-electron chi connectivity index (χ0n) is 19.9. The lowest BCUT2D eigenvalue weighted by molar-refractivity contribution is 0.417. The summed E-state index contributed by atoms with van der Waals surface area (Å²) in [5.74, 6) is 0.407. The van der Waals surface area contributed by atoms with Gasteiger partial charge in [-0.25, -0.2) is 8.42 Å². The Kier molecular flexibility index (Phi) is 6.55. The fraction of sp³-hybridized carbons (Fsp3) is 0.333. The van der Waals surface area contributed by atoms with Gasteiger partial charge in [0.2, 0.25) is 10.0 Å². The summed E-state index contributed by atoms with van der Waals surface area (Å²) in [7, 11) is -1.94. The molecule has 180 valence electrons. The highest BCUT2D eigenvalue weighted by Crippen LogP contribution is 2.44. The molecule has 4 rings (SSSR count). The van der Waals surface area contributed by atoms with Gasteiger partial charge in [-0.1, -0.05) is 6.07 Å². The third kappa shape index (κ3) is 4.47. The average Bonchev–Trinajstić information content (AvgIpc) is 3.28. The molecular formula is C24H29N5O3S2. The molecule has 1 fully saturated rings. The molecule has 2 atom stereocenters. The highest BCUT2D eigenvalue weighted by molar-refractivity contribution is 7.92. The minimum atomic E-state index is -3.45. The molecule has 1 saturated heterocycles. The zero-order chi connectivity index (χ0) is 24.6. The fourth-order valence-corrected chi connectivity index (χ4v) is 5.59. The molecule has 8 nitrogen and oxygen atoms in total. The number of ether oxygens (including phenoxy) is 1. The first-order valence-corrected chi connectivity index (χ1v) is 13.3. The topological polar surface area (TPSA) is 88.5 Å². The molecule has 34 heavy (non-hydrogen) atoms. The molecule has 0 radical (unpaired) electrons. The second-order valence-corrected chi connectivity index (χ2v) is 10.5. The summed E-state index contributed by atoms with van der Waals surface area (Å²) >= 11 is 5.82. The second-order valence-electron chi connectivity index (χ2n) is 8.33. The van der Waals surface area contributed by atoms with Crippen LogP contribution in [0.25, 0.3) is 0 Å². The van der Waals surface area contributed by atoms with Crippen LogP contribution >= 0.6 is 12.2 Å². The highest BCUT2D eigenvalue weighted by Gasteiger charge is 2.42. The Balaban J connectivity index is 1.86. The number of aryl methyl sites for hydroxylation is 1. The molecule has 0 bridgehead atoms. The number of nitrogens with one attached hydrogen (secondary N) is 2. The summed E-state index contributed by atoms with van der Waals surface area (Å²) in [6, 6.07) is 13.1. The number of anilines is 2. The van der Waals surface area contributed by atoms with Crippen molar-refractivity contribution in [2.75, 3.05) is 23.0 Å². The minimum Gasteiger partial charge on any atom is -0.494 e. The monoisotopic (exact) mass is 499 g/mol. The first kappa shape index (κ1) is 24.0. The predicted molar refractivity (Wildman–Crippen MR) is 139 cm³/mol. The summed E-state index contributed by atoms with van der Waals surface area (Å²) in [5.41, 5.74) is 5.55. The standard InChI is InChI=1S/C24H29N5O3S2/c1-6-28-15(2)13-18(16(28)3)23-22(20-9-7-8-12-25-20)26-24(33)29(23)17-10-11-19(21(14-17)32-4)27-34(5,30)31/h7-14,22-23,27H,6H2,1-5H3,(H,26,33)/t22-,23+/m1/s1. The molecule has 3 heterocycles. The van der Waals surface area contributed by atoms with Gasteiger partial charge in [-0.05, 0) is 68.9 Å². The van der Waals surface area contributed by atoms with E-state index >= 15 is 0 Å². The molecule has 1 aliphatic rings. The van der Waals surface area contributed by atoms with Crippen LogP contribution in [0.2, 0.25) is 0 Å². The van der Waals surface area contributed by atoms with Crippen LogP contribution in [-0.2, 0) is 16.6 Å². The third-order valence-electron chi connectivity index (χ3n) is 6.10. The Bertz CT molecular complexity index is 1320. The molecule has 2 aromatic heterocycles. The first-order valence-electron chi connectivity index (χ1n) is 11.0. The smallest absolute Gasteiger partial charge is 0.229 e. The van der Waals surface area contributed by atoms with Gasteiger partial charge >= 0.3 is 0 Å². The summed E-state index contributed by atoms with van der Waals surface area (Å²) in [4.78, 5) is 6.67. The zero-order valence-corrected chi connectivity index (χ0v) is 21.5. The summed E-state index contributed by atoms with van der Waals surface area (Å²) in [6.07, 6.45) is 2.89. The van der Waals surface area contributed by atoms with E-state index in [1.807, 2.05) is 24.3 Å². The maximum atomic E-state index is 11.8. The number of aromatic nitrogens is 2. The Hall–Kier alpha value is -3.11. The number of methoxy groups -OCH3 is 1. The van der Waals surface area contributed by atoms with Crippen molar-refractivity contribution in [3.63, 3.8) is 0 Å². The van der Waals surface area contributed by atoms with E-state index in [4.69, 9.17) is 17.0 Å². The van der Waals surface area contributed by atoms with Gasteiger partial charge in [0.05, 0.1) is 36.8 Å². The first-order chi connectivity index (χ1) is 16.1. The largest absolute Gasteiger partial charge is 0.494 e. The van der Waals surface area contributed by atoms with E-state index in [1.165, 1.54) is 18.5 Å². The Morgan fingerprint density at radius 1 is 1.21 bits per heavy atom. The number of nitrogens with zero attached hydrogens (tertiary/aromatic N) is 3. The van der Waals surface area contributed by atoms with Crippen LogP contribution in [0.5, 0.6) is 5.75 Å². The van der Waals surface area contributed by atoms with Crippen molar-refractivity contribution in [3.05, 3.63) is 71.3 Å². The van der Waals surface area contributed by atoms with Crippen LogP contribution in [0.3, 0.4) is 0 Å². The van der Waals surface area contributed by atoms with Crippen molar-refractivity contribution in [3.8, 4) is 5.75 Å². The summed E-state index contributed by atoms with van der Waals surface area (Å²) < 4.78 is 33.9. The van der Waals surface area contributed by atoms with Gasteiger partial charge in [-0.2, -0.15) is 0 Å². The third-order valence-corrected chi connectivity index (χ3v) is 7.01. The average molecular weight is 500 g/mol. The molecule has 0 amide bonds. The van der Waals surface area contributed by atoms with Crippen LogP contribution in [-0.4, -0.2) is 36.4 Å². The molecule has 0 saturated carbocycles. The molecule has 10 heteroatoms. The van der Waals surface area contributed by atoms with Gasteiger partial charge in [-0.15, -0.1) is 0 Å². The Labute approximate surface area is 206 Å². The Morgan fingerprint density at radius 2 is 1.97 bits per heavy atom. The number of sulfonamides is 1. The van der Waals surface area contributed by atoms with Gasteiger partial charge in [0.1, 0.15) is 5.75 Å². The van der Waals surface area contributed by atoms with Crippen LogP contribution in [0, 0.1) is 13.8 Å². The van der Waals surface area contributed by atoms with E-state index in [0.717, 1.165) is 29.7 Å². The Morgan fingerprint density at radius 3 is 2.56 bits per heavy atom. The van der Waals surface area contributed by atoms with E-state index < -0.39 is 10.0 Å². The molecule has 1 aromatic carbocycles. The normalized spacial score (nSPS) is 18.1. The van der Waals surface area contributed by atoms with Gasteiger partial charge < -0.3 is 19.5 Å². The molecular weight excluding hydrogens is 470 g/mol. The molecule has 3 aromatic rings. The van der Waals surface area contributed by atoms with E-state index in [2.05, 4.69) is 51.3 Å². The van der Waals surface area contributed by atoms with Crippen molar-refractivity contribution in [2.24, 2.45) is 0 Å². The molecule has 0 unspecified atom stereocenters. The maximum absolute atomic E-state index is 11.8. The minimum absolute atomic E-state index is 0.160. The number of pyridine rings is 1. The lowest BCUT2D eigenvalue weighted by atomic mass is 9.96. The fourth-order valence-electron chi connectivity index (χ4n) is 4.68. The van der Waals surface area contributed by atoms with Crippen molar-refractivity contribution < 1.29 is 13.2 Å². The van der Waals surface area contributed by atoms with Gasteiger partial charge in [-0.3, -0.25) is 9.71 Å². The number of hydrogen-bond acceptors (Lipinski definition) is 5. The van der Waals surface area contributed by atoms with Crippen LogP contribution < -0.4 is 19.7 Å². The SMILES string of the molecule is CCn1c(C)cc([C@H]2[C@@H](c3ccccn3)NC(=S)N2c2ccc(NS(C)(=O)=O)c(OC)c2)c1C. The quantitative estimate of drug-likeness (QED) is 0.474. The van der Waals surface area contributed by atoms with Gasteiger partial charge in [0.25, 0.3) is 0 Å². The van der Waals surface area contributed by atoms with E-state index in [9.17, 15) is 8.42 Å². The summed E-state index contributed by atoms with van der Waals surface area (Å²) in [5, 5.41) is 4.03. The molecule has 1 aliphatic heterocycles. The molecule has 2 N–H and O–H groups in total. The van der Waals surface area contributed by atoms with Crippen molar-refractivity contribution in [1.29, 1.82) is 0 Å². The van der Waals surface area contributed by atoms with Crippen molar-refractivity contribution in [2.45, 2.75) is 39.4 Å². The van der Waals surface area contributed by atoms with E-state index in [1.54, 1.807) is 18.3 Å². The second kappa shape index (κ2) is 9.27. The molecule has 0 aliphatic carbocycles. The van der Waals surface area contributed by atoms with Crippen LogP contribution in [0.4, 0.5) is 11.4 Å².